The van der Waals surface area contributed by atoms with Crippen LogP contribution in [0.4, 0.5) is 0 Å². The molecule has 1 saturated carbocycles. The third-order valence-electron chi connectivity index (χ3n) is 3.93. The summed E-state index contributed by atoms with van der Waals surface area (Å²) in [5, 5.41) is 12.8. The lowest BCUT2D eigenvalue weighted by molar-refractivity contribution is -0.121. The van der Waals surface area contributed by atoms with Crippen molar-refractivity contribution in [2.75, 3.05) is 6.54 Å². The van der Waals surface area contributed by atoms with E-state index in [1.54, 1.807) is 0 Å². The molecule has 1 aromatic rings. The van der Waals surface area contributed by atoms with Crippen molar-refractivity contribution >= 4 is 5.91 Å². The molecule has 3 nitrogen and oxygen atoms in total. The van der Waals surface area contributed by atoms with E-state index in [0.29, 0.717) is 13.0 Å². The highest BCUT2D eigenvalue weighted by atomic mass is 16.3. The van der Waals surface area contributed by atoms with Crippen LogP contribution in [-0.2, 0) is 4.79 Å². The van der Waals surface area contributed by atoms with Gasteiger partial charge in [0.05, 0.1) is 6.10 Å². The summed E-state index contributed by atoms with van der Waals surface area (Å²) < 4.78 is 0. The molecule has 19 heavy (non-hydrogen) atoms. The van der Waals surface area contributed by atoms with Crippen molar-refractivity contribution in [2.24, 2.45) is 5.92 Å². The minimum absolute atomic E-state index is 0.0573. The zero-order chi connectivity index (χ0) is 13.5. The molecule has 1 aliphatic carbocycles. The molecule has 1 amide bonds. The van der Waals surface area contributed by atoms with E-state index < -0.39 is 6.10 Å². The highest BCUT2D eigenvalue weighted by molar-refractivity contribution is 5.75. The summed E-state index contributed by atoms with van der Waals surface area (Å²) >= 11 is 0. The Bertz CT molecular complexity index is 385. The standard InChI is InChI=1S/C16H23NO2/c18-15(14-8-2-1-3-9-14)12-17-16(19)11-10-13-6-4-5-7-13/h1-3,8-9,13,15,18H,4-7,10-12H2,(H,17,19). The fraction of sp³-hybridized carbons (Fsp3) is 0.562. The molecule has 0 radical (unpaired) electrons. The zero-order valence-corrected chi connectivity index (χ0v) is 11.3. The molecule has 0 saturated heterocycles. The lowest BCUT2D eigenvalue weighted by atomic mass is 10.0. The maximum atomic E-state index is 11.7. The van der Waals surface area contributed by atoms with E-state index in [4.69, 9.17) is 0 Å². The summed E-state index contributed by atoms with van der Waals surface area (Å²) in [7, 11) is 0. The summed E-state index contributed by atoms with van der Waals surface area (Å²) in [4.78, 5) is 11.7. The second-order valence-electron chi connectivity index (χ2n) is 5.42. The Labute approximate surface area is 115 Å². The number of amides is 1. The van der Waals surface area contributed by atoms with Gasteiger partial charge in [0.25, 0.3) is 0 Å². The van der Waals surface area contributed by atoms with E-state index in [2.05, 4.69) is 5.32 Å². The number of benzene rings is 1. The van der Waals surface area contributed by atoms with Crippen molar-refractivity contribution in [1.29, 1.82) is 0 Å². The molecule has 2 N–H and O–H groups in total. The lowest BCUT2D eigenvalue weighted by Gasteiger charge is -2.13. The number of nitrogens with one attached hydrogen (secondary N) is 1. The number of rotatable bonds is 6. The first kappa shape index (κ1) is 14.1. The molecule has 0 aliphatic heterocycles. The maximum Gasteiger partial charge on any atom is 0.220 e. The summed E-state index contributed by atoms with van der Waals surface area (Å²) in [6, 6.07) is 9.43. The Balaban J connectivity index is 1.65. The number of hydrogen-bond donors (Lipinski definition) is 2. The van der Waals surface area contributed by atoms with Crippen molar-refractivity contribution < 1.29 is 9.90 Å². The molecular formula is C16H23NO2. The number of aliphatic hydroxyl groups excluding tert-OH is 1. The molecule has 1 fully saturated rings. The van der Waals surface area contributed by atoms with Crippen LogP contribution in [-0.4, -0.2) is 17.6 Å². The van der Waals surface area contributed by atoms with Gasteiger partial charge in [0.15, 0.2) is 0 Å². The number of carbonyl (C=O) groups is 1. The Morgan fingerprint density at radius 1 is 1.26 bits per heavy atom. The first-order chi connectivity index (χ1) is 9.25. The van der Waals surface area contributed by atoms with Crippen LogP contribution < -0.4 is 5.32 Å². The van der Waals surface area contributed by atoms with Gasteiger partial charge in [-0.25, -0.2) is 0 Å². The van der Waals surface area contributed by atoms with E-state index in [9.17, 15) is 9.90 Å². The SMILES string of the molecule is O=C(CCC1CCCC1)NCC(O)c1ccccc1. The number of hydrogen-bond acceptors (Lipinski definition) is 2. The van der Waals surface area contributed by atoms with Crippen LogP contribution in [0.1, 0.15) is 50.2 Å². The second-order valence-corrected chi connectivity index (χ2v) is 5.42. The van der Waals surface area contributed by atoms with Gasteiger partial charge in [-0.1, -0.05) is 56.0 Å². The lowest BCUT2D eigenvalue weighted by Crippen LogP contribution is -2.28. The van der Waals surface area contributed by atoms with Gasteiger partial charge >= 0.3 is 0 Å². The van der Waals surface area contributed by atoms with Crippen LogP contribution in [0.5, 0.6) is 0 Å². The highest BCUT2D eigenvalue weighted by Crippen LogP contribution is 2.28. The summed E-state index contributed by atoms with van der Waals surface area (Å²) in [6.45, 7) is 0.299. The van der Waals surface area contributed by atoms with Crippen LogP contribution in [0.2, 0.25) is 0 Å². The van der Waals surface area contributed by atoms with Crippen molar-refractivity contribution in [1.82, 2.24) is 5.32 Å². The van der Waals surface area contributed by atoms with Gasteiger partial charge in [0.1, 0.15) is 0 Å². The summed E-state index contributed by atoms with van der Waals surface area (Å²) in [6.07, 6.45) is 6.16. The largest absolute Gasteiger partial charge is 0.387 e. The fourth-order valence-corrected chi connectivity index (χ4v) is 2.73. The Morgan fingerprint density at radius 3 is 2.63 bits per heavy atom. The molecule has 0 bridgehead atoms. The predicted octanol–water partition coefficient (Wildman–Crippen LogP) is 2.81. The average molecular weight is 261 g/mol. The monoisotopic (exact) mass is 261 g/mol. The van der Waals surface area contributed by atoms with Gasteiger partial charge in [-0.05, 0) is 17.9 Å². The molecule has 1 atom stereocenters. The topological polar surface area (TPSA) is 49.3 Å². The molecule has 0 spiro atoms. The molecule has 1 aromatic carbocycles. The zero-order valence-electron chi connectivity index (χ0n) is 11.3. The first-order valence-corrected chi connectivity index (χ1v) is 7.25. The van der Waals surface area contributed by atoms with Gasteiger partial charge in [0, 0.05) is 13.0 Å². The van der Waals surface area contributed by atoms with Gasteiger partial charge in [-0.3, -0.25) is 4.79 Å². The first-order valence-electron chi connectivity index (χ1n) is 7.25. The third kappa shape index (κ3) is 4.67. The van der Waals surface area contributed by atoms with Crippen LogP contribution in [0, 0.1) is 5.92 Å². The third-order valence-corrected chi connectivity index (χ3v) is 3.93. The quantitative estimate of drug-likeness (QED) is 0.827. The van der Waals surface area contributed by atoms with Gasteiger partial charge in [0.2, 0.25) is 5.91 Å². The Kier molecular flexibility index (Phi) is 5.40. The van der Waals surface area contributed by atoms with E-state index in [1.165, 1.54) is 25.7 Å². The smallest absolute Gasteiger partial charge is 0.220 e. The van der Waals surface area contributed by atoms with Crippen LogP contribution >= 0.6 is 0 Å². The number of aliphatic hydroxyl groups is 1. The molecule has 1 unspecified atom stereocenters. The van der Waals surface area contributed by atoms with Gasteiger partial charge in [-0.15, -0.1) is 0 Å². The van der Waals surface area contributed by atoms with E-state index >= 15 is 0 Å². The van der Waals surface area contributed by atoms with Crippen LogP contribution in [0.3, 0.4) is 0 Å². The van der Waals surface area contributed by atoms with Crippen molar-refractivity contribution in [3.05, 3.63) is 35.9 Å². The normalized spacial score (nSPS) is 17.3. The van der Waals surface area contributed by atoms with Gasteiger partial charge < -0.3 is 10.4 Å². The second kappa shape index (κ2) is 7.29. The molecule has 0 aromatic heterocycles. The molecule has 2 rings (SSSR count). The summed E-state index contributed by atoms with van der Waals surface area (Å²) in [5.74, 6) is 0.798. The van der Waals surface area contributed by atoms with Crippen molar-refractivity contribution in [2.45, 2.75) is 44.6 Å². The summed E-state index contributed by atoms with van der Waals surface area (Å²) in [5.41, 5.74) is 0.846. The Hall–Kier alpha value is -1.35. The number of carbonyl (C=O) groups excluding carboxylic acids is 1. The van der Waals surface area contributed by atoms with E-state index in [0.717, 1.165) is 17.9 Å². The molecular weight excluding hydrogens is 238 g/mol. The average Bonchev–Trinajstić information content (AvgIpc) is 2.96. The van der Waals surface area contributed by atoms with Crippen molar-refractivity contribution in [3.63, 3.8) is 0 Å². The highest BCUT2D eigenvalue weighted by Gasteiger charge is 2.16. The molecule has 104 valence electrons. The van der Waals surface area contributed by atoms with Crippen LogP contribution in [0.15, 0.2) is 30.3 Å². The maximum absolute atomic E-state index is 11.7. The van der Waals surface area contributed by atoms with E-state index in [-0.39, 0.29) is 5.91 Å². The molecule has 1 aliphatic rings. The predicted molar refractivity (Wildman–Crippen MR) is 75.6 cm³/mol. The van der Waals surface area contributed by atoms with E-state index in [1.807, 2.05) is 30.3 Å². The Morgan fingerprint density at radius 2 is 1.95 bits per heavy atom. The van der Waals surface area contributed by atoms with Crippen molar-refractivity contribution in [3.8, 4) is 0 Å². The minimum Gasteiger partial charge on any atom is -0.387 e. The molecule has 3 heteroatoms. The van der Waals surface area contributed by atoms with Crippen LogP contribution in [0.25, 0.3) is 0 Å². The minimum atomic E-state index is -0.614. The molecule has 0 heterocycles. The van der Waals surface area contributed by atoms with Gasteiger partial charge in [-0.2, -0.15) is 0 Å². The fourth-order valence-electron chi connectivity index (χ4n) is 2.73.